The first-order chi connectivity index (χ1) is 21.4. The number of aromatic amines is 1. The Morgan fingerprint density at radius 1 is 0.933 bits per heavy atom. The molecule has 12 nitrogen and oxygen atoms in total. The number of fused-ring (bicyclic) bond motifs is 1. The molecule has 4 N–H and O–H groups in total. The monoisotopic (exact) mass is 618 g/mol. The second kappa shape index (κ2) is 14.4. The van der Waals surface area contributed by atoms with Crippen LogP contribution in [0.25, 0.3) is 10.9 Å². The van der Waals surface area contributed by atoms with Crippen molar-refractivity contribution < 1.29 is 28.7 Å². The Kier molecular flexibility index (Phi) is 10.6. The van der Waals surface area contributed by atoms with Crippen LogP contribution in [0.4, 0.5) is 0 Å². The highest BCUT2D eigenvalue weighted by atomic mass is 16.5. The van der Waals surface area contributed by atoms with Gasteiger partial charge in [-0.3, -0.25) is 24.0 Å². The van der Waals surface area contributed by atoms with Gasteiger partial charge in [0.25, 0.3) is 5.91 Å². The maximum absolute atomic E-state index is 13.9. The summed E-state index contributed by atoms with van der Waals surface area (Å²) >= 11 is 0. The lowest BCUT2D eigenvalue weighted by Crippen LogP contribution is -2.57. The molecule has 0 unspecified atom stereocenters. The minimum atomic E-state index is -1.24. The lowest BCUT2D eigenvalue weighted by atomic mass is 10.0. The van der Waals surface area contributed by atoms with E-state index >= 15 is 0 Å². The number of H-pyrrole nitrogens is 1. The molecule has 240 valence electrons. The third kappa shape index (κ3) is 8.07. The SMILES string of the molecule is COC(C)(C)C(=O)N1CCNC(=O)[C@H](Cc2ccccc2)NC(=O)[C@H](C)N(C)C(=O)[C@H](Cc2c[nH]c3ccccc23)NC(=O)C1. The predicted molar refractivity (Wildman–Crippen MR) is 169 cm³/mol. The van der Waals surface area contributed by atoms with E-state index in [0.717, 1.165) is 22.0 Å². The summed E-state index contributed by atoms with van der Waals surface area (Å²) < 4.78 is 5.38. The first kappa shape index (κ1) is 33.2. The van der Waals surface area contributed by atoms with Crippen molar-refractivity contribution in [2.24, 2.45) is 0 Å². The quantitative estimate of drug-likeness (QED) is 0.325. The second-order valence-electron chi connectivity index (χ2n) is 11.8. The van der Waals surface area contributed by atoms with Gasteiger partial charge < -0.3 is 35.5 Å². The van der Waals surface area contributed by atoms with Gasteiger partial charge in [-0.25, -0.2) is 0 Å². The van der Waals surface area contributed by atoms with E-state index in [9.17, 15) is 24.0 Å². The molecule has 1 fully saturated rings. The highest BCUT2D eigenvalue weighted by molar-refractivity contribution is 5.96. The smallest absolute Gasteiger partial charge is 0.254 e. The van der Waals surface area contributed by atoms with Gasteiger partial charge in [0.15, 0.2) is 0 Å². The standard InChI is InChI=1S/C33H42N6O6/c1-21-29(41)37-26(17-22-11-7-6-8-12-22)30(42)34-15-16-39(32(44)33(2,3)45-5)20-28(40)36-27(31(43)38(21)4)18-23-19-35-25-14-10-9-13-24(23)25/h6-14,19,21,26-27,35H,15-18,20H2,1-5H3,(H,34,42)(H,36,40)(H,37,41)/t21-,26-,27-/m0/s1. The predicted octanol–water partition coefficient (Wildman–Crippen LogP) is 1.15. The molecule has 0 spiro atoms. The van der Waals surface area contributed by atoms with Crippen LogP contribution in [-0.4, -0.2) is 102 Å². The molecule has 0 bridgehead atoms. The third-order valence-corrected chi connectivity index (χ3v) is 8.28. The zero-order chi connectivity index (χ0) is 32.7. The van der Waals surface area contributed by atoms with Crippen LogP contribution in [0.15, 0.2) is 60.8 Å². The molecule has 0 radical (unpaired) electrons. The van der Waals surface area contributed by atoms with Crippen molar-refractivity contribution in [1.82, 2.24) is 30.7 Å². The Labute approximate surface area is 262 Å². The Morgan fingerprint density at radius 2 is 1.62 bits per heavy atom. The van der Waals surface area contributed by atoms with E-state index in [1.165, 1.54) is 24.0 Å². The van der Waals surface area contributed by atoms with Gasteiger partial charge in [0, 0.05) is 57.2 Å². The minimum Gasteiger partial charge on any atom is -0.369 e. The van der Waals surface area contributed by atoms with Crippen molar-refractivity contribution in [1.29, 1.82) is 0 Å². The van der Waals surface area contributed by atoms with E-state index < -0.39 is 53.3 Å². The summed E-state index contributed by atoms with van der Waals surface area (Å²) in [6.07, 6.45) is 2.14. The molecule has 0 aliphatic carbocycles. The molecule has 1 aromatic heterocycles. The van der Waals surface area contributed by atoms with Gasteiger partial charge in [-0.15, -0.1) is 0 Å². The van der Waals surface area contributed by atoms with E-state index in [4.69, 9.17) is 4.74 Å². The zero-order valence-electron chi connectivity index (χ0n) is 26.4. The summed E-state index contributed by atoms with van der Waals surface area (Å²) in [4.78, 5) is 73.4. The number of ether oxygens (including phenoxy) is 1. The molecule has 5 amide bonds. The Balaban J connectivity index is 1.68. The number of nitrogens with one attached hydrogen (secondary N) is 4. The highest BCUT2D eigenvalue weighted by Crippen LogP contribution is 2.20. The maximum Gasteiger partial charge on any atom is 0.254 e. The summed E-state index contributed by atoms with van der Waals surface area (Å²) in [6.45, 7) is 4.39. The van der Waals surface area contributed by atoms with Gasteiger partial charge in [-0.2, -0.15) is 0 Å². The Morgan fingerprint density at radius 3 is 2.33 bits per heavy atom. The number of aromatic nitrogens is 1. The van der Waals surface area contributed by atoms with E-state index in [0.29, 0.717) is 0 Å². The van der Waals surface area contributed by atoms with Crippen LogP contribution in [0, 0.1) is 0 Å². The average Bonchev–Trinajstić information content (AvgIpc) is 3.44. The van der Waals surface area contributed by atoms with Crippen LogP contribution in [0.2, 0.25) is 0 Å². The van der Waals surface area contributed by atoms with Crippen LogP contribution in [-0.2, 0) is 41.6 Å². The lowest BCUT2D eigenvalue weighted by Gasteiger charge is -2.32. The highest BCUT2D eigenvalue weighted by Gasteiger charge is 2.36. The number of rotatable bonds is 6. The van der Waals surface area contributed by atoms with E-state index in [2.05, 4.69) is 20.9 Å². The molecule has 3 aromatic rings. The molecular weight excluding hydrogens is 576 g/mol. The molecule has 1 aliphatic rings. The number of carbonyl (C=O) groups is 5. The summed E-state index contributed by atoms with van der Waals surface area (Å²) in [7, 11) is 2.89. The van der Waals surface area contributed by atoms with Crippen LogP contribution in [0.1, 0.15) is 31.9 Å². The number of benzene rings is 2. The summed E-state index contributed by atoms with van der Waals surface area (Å²) in [6, 6.07) is 13.9. The second-order valence-corrected chi connectivity index (χ2v) is 11.8. The average molecular weight is 619 g/mol. The molecule has 0 saturated carbocycles. The fourth-order valence-electron chi connectivity index (χ4n) is 5.26. The molecule has 12 heteroatoms. The van der Waals surface area contributed by atoms with Gasteiger partial charge in [-0.05, 0) is 38.0 Å². The Bertz CT molecular complexity index is 1540. The topological polar surface area (TPSA) is 153 Å². The van der Waals surface area contributed by atoms with E-state index in [1.807, 2.05) is 54.6 Å². The van der Waals surface area contributed by atoms with Crippen molar-refractivity contribution >= 4 is 40.4 Å². The van der Waals surface area contributed by atoms with Gasteiger partial charge in [-0.1, -0.05) is 48.5 Å². The largest absolute Gasteiger partial charge is 0.369 e. The summed E-state index contributed by atoms with van der Waals surface area (Å²) in [5.74, 6) is -2.50. The molecule has 1 aliphatic heterocycles. The fraction of sp³-hybridized carbons (Fsp3) is 0.424. The number of hydrogen-bond donors (Lipinski definition) is 4. The summed E-state index contributed by atoms with van der Waals surface area (Å²) in [5.41, 5.74) is 1.27. The van der Waals surface area contributed by atoms with Crippen molar-refractivity contribution in [2.45, 2.75) is 57.3 Å². The van der Waals surface area contributed by atoms with Crippen molar-refractivity contribution in [3.63, 3.8) is 0 Å². The van der Waals surface area contributed by atoms with Crippen LogP contribution in [0.3, 0.4) is 0 Å². The number of nitrogens with zero attached hydrogens (tertiary/aromatic N) is 2. The van der Waals surface area contributed by atoms with Crippen LogP contribution >= 0.6 is 0 Å². The summed E-state index contributed by atoms with van der Waals surface area (Å²) in [5, 5.41) is 9.32. The van der Waals surface area contributed by atoms with Crippen LogP contribution < -0.4 is 16.0 Å². The maximum atomic E-state index is 13.9. The molecule has 1 saturated heterocycles. The minimum absolute atomic E-state index is 0.00580. The third-order valence-electron chi connectivity index (χ3n) is 8.28. The first-order valence-electron chi connectivity index (χ1n) is 15.0. The zero-order valence-corrected chi connectivity index (χ0v) is 26.4. The molecule has 4 rings (SSSR count). The van der Waals surface area contributed by atoms with Crippen molar-refractivity contribution in [3.05, 3.63) is 71.9 Å². The number of amides is 5. The molecule has 3 atom stereocenters. The van der Waals surface area contributed by atoms with Gasteiger partial charge in [0.05, 0.1) is 6.54 Å². The number of methoxy groups -OCH3 is 1. The van der Waals surface area contributed by atoms with Crippen molar-refractivity contribution in [2.75, 3.05) is 33.8 Å². The van der Waals surface area contributed by atoms with Gasteiger partial charge >= 0.3 is 0 Å². The van der Waals surface area contributed by atoms with Gasteiger partial charge in [0.2, 0.25) is 23.6 Å². The lowest BCUT2D eigenvalue weighted by molar-refractivity contribution is -0.153. The van der Waals surface area contributed by atoms with E-state index in [-0.39, 0.29) is 32.5 Å². The molecular formula is C33H42N6O6. The number of likely N-dealkylation sites (N-methyl/N-ethyl adjacent to an activating group) is 1. The number of para-hydroxylation sites is 1. The normalized spacial score (nSPS) is 21.0. The van der Waals surface area contributed by atoms with Gasteiger partial charge in [0.1, 0.15) is 23.7 Å². The Hall–Kier alpha value is -4.71. The molecule has 45 heavy (non-hydrogen) atoms. The van der Waals surface area contributed by atoms with E-state index in [1.54, 1.807) is 27.0 Å². The number of carbonyl (C=O) groups excluding carboxylic acids is 5. The number of hydrogen-bond acceptors (Lipinski definition) is 6. The fourth-order valence-corrected chi connectivity index (χ4v) is 5.26. The van der Waals surface area contributed by atoms with Crippen molar-refractivity contribution in [3.8, 4) is 0 Å². The van der Waals surface area contributed by atoms with Crippen LogP contribution in [0.5, 0.6) is 0 Å². The molecule has 2 heterocycles. The first-order valence-corrected chi connectivity index (χ1v) is 15.0. The molecule has 2 aromatic carbocycles.